The van der Waals surface area contributed by atoms with Crippen LogP contribution >= 0.6 is 24.0 Å². The van der Waals surface area contributed by atoms with Gasteiger partial charge in [0.25, 0.3) is 0 Å². The highest BCUT2D eigenvalue weighted by Gasteiger charge is 2.26. The molecule has 0 saturated heterocycles. The van der Waals surface area contributed by atoms with Crippen molar-refractivity contribution >= 4 is 45.9 Å². The molecule has 3 N–H and O–H groups in total. The van der Waals surface area contributed by atoms with Crippen molar-refractivity contribution in [2.45, 2.75) is 43.0 Å². The Kier molecular flexibility index (Phi) is 12.7. The van der Waals surface area contributed by atoms with Crippen LogP contribution in [0.2, 0.25) is 5.02 Å². The van der Waals surface area contributed by atoms with Crippen LogP contribution in [0.5, 0.6) is 5.75 Å². The molecule has 182 valence electrons. The third-order valence-corrected chi connectivity index (χ3v) is 6.15. The molecule has 0 aliphatic heterocycles. The Morgan fingerprint density at radius 1 is 1.09 bits per heavy atom. The van der Waals surface area contributed by atoms with Gasteiger partial charge in [-0.3, -0.25) is 14.6 Å². The summed E-state index contributed by atoms with van der Waals surface area (Å²) in [5.74, 6) is -0.964. The van der Waals surface area contributed by atoms with Crippen molar-refractivity contribution in [3.8, 4) is 5.75 Å². The number of carbonyl (C=O) groups is 2. The van der Waals surface area contributed by atoms with Crippen molar-refractivity contribution < 1.29 is 27.9 Å². The van der Waals surface area contributed by atoms with Crippen molar-refractivity contribution in [1.29, 1.82) is 0 Å². The number of hydrogen-bond acceptors (Lipinski definition) is 6. The van der Waals surface area contributed by atoms with Gasteiger partial charge in [0.1, 0.15) is 18.4 Å². The summed E-state index contributed by atoms with van der Waals surface area (Å²) < 4.78 is 33.4. The van der Waals surface area contributed by atoms with Crippen LogP contribution in [0.4, 0.5) is 0 Å². The largest absolute Gasteiger partial charge is 0.490 e. The number of aromatic nitrogens is 1. The molecule has 0 radical (unpaired) electrons. The van der Waals surface area contributed by atoms with Crippen LogP contribution in [0.1, 0.15) is 32.1 Å². The number of aliphatic carboxylic acids is 1. The van der Waals surface area contributed by atoms with E-state index in [0.717, 1.165) is 12.8 Å². The molecule has 0 saturated carbocycles. The van der Waals surface area contributed by atoms with Crippen LogP contribution in [0.25, 0.3) is 0 Å². The second-order valence-corrected chi connectivity index (χ2v) is 9.13. The number of sulfonamides is 1. The number of carbonyl (C=O) groups excluding carboxylic acids is 1. The zero-order chi connectivity index (χ0) is 23.4. The summed E-state index contributed by atoms with van der Waals surface area (Å²) in [4.78, 5) is 27.1. The van der Waals surface area contributed by atoms with Crippen LogP contribution in [0, 0.1) is 0 Å². The molecule has 2 rings (SSSR count). The van der Waals surface area contributed by atoms with Gasteiger partial charge in [0.15, 0.2) is 0 Å². The molecule has 0 fully saturated rings. The summed E-state index contributed by atoms with van der Waals surface area (Å²) in [6.45, 7) is 0.0981. The van der Waals surface area contributed by atoms with Gasteiger partial charge in [0.2, 0.25) is 15.9 Å². The van der Waals surface area contributed by atoms with Crippen LogP contribution in [-0.4, -0.2) is 49.6 Å². The van der Waals surface area contributed by atoms with Gasteiger partial charge in [-0.2, -0.15) is 4.72 Å². The van der Waals surface area contributed by atoms with Crippen molar-refractivity contribution in [2.75, 3.05) is 13.2 Å². The van der Waals surface area contributed by atoms with Crippen molar-refractivity contribution in [1.82, 2.24) is 15.0 Å². The number of carboxylic acids is 1. The molecule has 33 heavy (non-hydrogen) atoms. The summed E-state index contributed by atoms with van der Waals surface area (Å²) in [7, 11) is -4.00. The second kappa shape index (κ2) is 14.7. The Labute approximate surface area is 204 Å². The van der Waals surface area contributed by atoms with Gasteiger partial charge in [0.05, 0.1) is 11.1 Å². The number of halogens is 2. The summed E-state index contributed by atoms with van der Waals surface area (Å²) >= 11 is 5.82. The molecular weight excluding hydrogens is 493 g/mol. The summed E-state index contributed by atoms with van der Waals surface area (Å²) in [5.41, 5.74) is 0. The summed E-state index contributed by atoms with van der Waals surface area (Å²) in [6.07, 6.45) is 5.85. The molecule has 9 nitrogen and oxygen atoms in total. The molecule has 0 spiro atoms. The number of nitrogens with one attached hydrogen (secondary N) is 2. The van der Waals surface area contributed by atoms with E-state index in [1.807, 2.05) is 0 Å². The normalized spacial score (nSPS) is 11.8. The maximum atomic E-state index is 12.7. The molecule has 2 aromatic rings. The van der Waals surface area contributed by atoms with E-state index in [-0.39, 0.29) is 30.3 Å². The van der Waals surface area contributed by atoms with Crippen LogP contribution in [0.3, 0.4) is 0 Å². The molecule has 1 atom stereocenters. The van der Waals surface area contributed by atoms with Gasteiger partial charge in [-0.05, 0) is 49.2 Å². The van der Waals surface area contributed by atoms with E-state index >= 15 is 0 Å². The highest BCUT2D eigenvalue weighted by atomic mass is 35.5. The van der Waals surface area contributed by atoms with Crippen LogP contribution in [-0.2, 0) is 19.6 Å². The maximum Gasteiger partial charge on any atom is 0.303 e. The number of rotatable bonds is 14. The number of pyridine rings is 1. The predicted molar refractivity (Wildman–Crippen MR) is 126 cm³/mol. The molecule has 1 heterocycles. The van der Waals surface area contributed by atoms with Crippen molar-refractivity contribution in [3.63, 3.8) is 0 Å². The standard InChI is InChI=1S/C21H26ClN3O6S.ClH/c22-16-8-10-18(11-9-16)32(29,30)25-19(15-31-17-6-5-12-23-14-17)21(28)24-13-4-2-1-3-7-20(26)27;/h5-6,8-12,14,19,25H,1-4,7,13,15H2,(H,24,28)(H,26,27);1H/t19-;/m0./s1. The third-order valence-electron chi connectivity index (χ3n) is 4.41. The average molecular weight is 520 g/mol. The quantitative estimate of drug-likeness (QED) is 0.326. The summed E-state index contributed by atoms with van der Waals surface area (Å²) in [5, 5.41) is 11.7. The Balaban J connectivity index is 0.00000544. The van der Waals surface area contributed by atoms with Gasteiger partial charge in [0, 0.05) is 24.2 Å². The number of hydrogen-bond donors (Lipinski definition) is 3. The minimum Gasteiger partial charge on any atom is -0.490 e. The number of carboxylic acid groups (broad SMARTS) is 1. The maximum absolute atomic E-state index is 12.7. The first-order chi connectivity index (χ1) is 15.3. The third kappa shape index (κ3) is 10.8. The van der Waals surface area contributed by atoms with E-state index in [4.69, 9.17) is 21.4 Å². The Bertz CT molecular complexity index is 975. The number of unbranched alkanes of at least 4 members (excludes halogenated alkanes) is 3. The topological polar surface area (TPSA) is 135 Å². The molecule has 0 bridgehead atoms. The fourth-order valence-corrected chi connectivity index (χ4v) is 4.04. The summed E-state index contributed by atoms with van der Waals surface area (Å²) in [6, 6.07) is 7.71. The lowest BCUT2D eigenvalue weighted by Gasteiger charge is -2.19. The minimum atomic E-state index is -4.00. The molecule has 1 aromatic carbocycles. The fraction of sp³-hybridized carbons (Fsp3) is 0.381. The second-order valence-electron chi connectivity index (χ2n) is 6.98. The van der Waals surface area contributed by atoms with Gasteiger partial charge in [-0.1, -0.05) is 24.4 Å². The molecule has 1 aromatic heterocycles. The number of ether oxygens (including phenoxy) is 1. The van der Waals surface area contributed by atoms with Gasteiger partial charge >= 0.3 is 5.97 Å². The van der Waals surface area contributed by atoms with E-state index in [2.05, 4.69) is 15.0 Å². The van der Waals surface area contributed by atoms with Crippen LogP contribution < -0.4 is 14.8 Å². The Morgan fingerprint density at radius 2 is 1.79 bits per heavy atom. The van der Waals surface area contributed by atoms with Crippen molar-refractivity contribution in [2.24, 2.45) is 0 Å². The number of nitrogens with zero attached hydrogens (tertiary/aromatic N) is 1. The lowest BCUT2D eigenvalue weighted by atomic mass is 10.1. The highest BCUT2D eigenvalue weighted by molar-refractivity contribution is 7.89. The lowest BCUT2D eigenvalue weighted by Crippen LogP contribution is -2.50. The van der Waals surface area contributed by atoms with Crippen molar-refractivity contribution in [3.05, 3.63) is 53.8 Å². The SMILES string of the molecule is Cl.O=C(O)CCCCCCNC(=O)[C@H](COc1cccnc1)NS(=O)(=O)c1ccc(Cl)cc1. The first-order valence-electron chi connectivity index (χ1n) is 10.1. The van der Waals surface area contributed by atoms with E-state index in [9.17, 15) is 18.0 Å². The zero-order valence-electron chi connectivity index (χ0n) is 17.8. The lowest BCUT2D eigenvalue weighted by molar-refractivity contribution is -0.137. The van der Waals surface area contributed by atoms with E-state index < -0.39 is 27.9 Å². The van der Waals surface area contributed by atoms with Gasteiger partial charge < -0.3 is 15.2 Å². The average Bonchev–Trinajstić information content (AvgIpc) is 2.76. The van der Waals surface area contributed by atoms with Gasteiger partial charge in [-0.15, -0.1) is 12.4 Å². The fourth-order valence-electron chi connectivity index (χ4n) is 2.73. The molecule has 1 amide bonds. The first kappa shape index (κ1) is 28.6. The number of amides is 1. The molecule has 12 heteroatoms. The monoisotopic (exact) mass is 519 g/mol. The molecule has 0 aliphatic rings. The van der Waals surface area contributed by atoms with E-state index in [1.54, 1.807) is 18.3 Å². The zero-order valence-corrected chi connectivity index (χ0v) is 20.2. The molecule has 0 unspecified atom stereocenters. The van der Waals surface area contributed by atoms with E-state index in [0.29, 0.717) is 30.2 Å². The van der Waals surface area contributed by atoms with E-state index in [1.165, 1.54) is 30.5 Å². The Morgan fingerprint density at radius 3 is 2.42 bits per heavy atom. The Hall–Kier alpha value is -2.40. The van der Waals surface area contributed by atoms with Crippen LogP contribution in [0.15, 0.2) is 53.7 Å². The predicted octanol–water partition coefficient (Wildman–Crippen LogP) is 3.03. The van der Waals surface area contributed by atoms with Gasteiger partial charge in [-0.25, -0.2) is 8.42 Å². The highest BCUT2D eigenvalue weighted by Crippen LogP contribution is 2.15. The molecule has 0 aliphatic carbocycles. The molecular formula is C21H27Cl2N3O6S. The number of benzene rings is 1. The minimum absolute atomic E-state index is 0. The first-order valence-corrected chi connectivity index (χ1v) is 11.9. The smallest absolute Gasteiger partial charge is 0.303 e.